The van der Waals surface area contributed by atoms with Crippen LogP contribution in [0.2, 0.25) is 0 Å². The maximum atomic E-state index is 11.5. The fraction of sp³-hybridized carbons (Fsp3) is 0.467. The summed E-state index contributed by atoms with van der Waals surface area (Å²) in [7, 11) is 0. The summed E-state index contributed by atoms with van der Waals surface area (Å²) in [6.07, 6.45) is 0.292. The lowest BCUT2D eigenvalue weighted by Crippen LogP contribution is -2.31. The molecule has 0 saturated heterocycles. The molecule has 0 heterocycles. The third-order valence-electron chi connectivity index (χ3n) is 2.71. The Hall–Kier alpha value is -2.04. The monoisotopic (exact) mass is 278 g/mol. The first-order valence-electron chi connectivity index (χ1n) is 6.66. The molecular weight excluding hydrogens is 256 g/mol. The van der Waals surface area contributed by atoms with Crippen LogP contribution in [0.5, 0.6) is 5.75 Å². The number of nitrogens with zero attached hydrogens (tertiary/aromatic N) is 1. The Labute approximate surface area is 119 Å². The zero-order valence-corrected chi connectivity index (χ0v) is 12.4. The van der Waals surface area contributed by atoms with Crippen LogP contribution in [0.4, 0.5) is 0 Å². The molecule has 0 spiro atoms. The highest BCUT2D eigenvalue weighted by Gasteiger charge is 2.09. The van der Waals surface area contributed by atoms with Crippen LogP contribution in [0, 0.1) is 6.92 Å². The Morgan fingerprint density at radius 2 is 2.15 bits per heavy atom. The van der Waals surface area contributed by atoms with Crippen molar-refractivity contribution in [1.82, 2.24) is 5.32 Å². The van der Waals surface area contributed by atoms with Gasteiger partial charge in [-0.05, 0) is 39.8 Å². The molecule has 0 aliphatic rings. The van der Waals surface area contributed by atoms with Crippen molar-refractivity contribution in [2.24, 2.45) is 5.16 Å². The Morgan fingerprint density at radius 3 is 2.75 bits per heavy atom. The first-order valence-corrected chi connectivity index (χ1v) is 6.66. The topological polar surface area (TPSA) is 70.9 Å². The van der Waals surface area contributed by atoms with Crippen molar-refractivity contribution in [2.75, 3.05) is 6.61 Å². The Balaban J connectivity index is 2.66. The number of hydrogen-bond acceptors (Lipinski definition) is 4. The van der Waals surface area contributed by atoms with Crippen molar-refractivity contribution >= 4 is 11.6 Å². The number of aryl methyl sites for hydroxylation is 1. The zero-order chi connectivity index (χ0) is 15.1. The van der Waals surface area contributed by atoms with E-state index in [-0.39, 0.29) is 18.6 Å². The molecule has 5 nitrogen and oxygen atoms in total. The number of oxime groups is 1. The van der Waals surface area contributed by atoms with Gasteiger partial charge in [0, 0.05) is 11.6 Å². The van der Waals surface area contributed by atoms with Crippen molar-refractivity contribution in [3.8, 4) is 5.75 Å². The van der Waals surface area contributed by atoms with Crippen molar-refractivity contribution in [1.29, 1.82) is 0 Å². The third-order valence-corrected chi connectivity index (χ3v) is 2.71. The summed E-state index contributed by atoms with van der Waals surface area (Å²) < 4.78 is 5.61. The predicted octanol–water partition coefficient (Wildman–Crippen LogP) is 2.49. The van der Waals surface area contributed by atoms with E-state index < -0.39 is 0 Å². The van der Waals surface area contributed by atoms with Gasteiger partial charge in [0.15, 0.2) is 0 Å². The van der Waals surface area contributed by atoms with Crippen LogP contribution < -0.4 is 10.1 Å². The van der Waals surface area contributed by atoms with Gasteiger partial charge in [-0.2, -0.15) is 0 Å². The largest absolute Gasteiger partial charge is 0.492 e. The standard InChI is InChI=1S/C15H22N2O3/c1-10(2)16-15(18)7-8-20-14-6-5-11(3)9-13(14)12(4)17-19/h5-6,9-10,19H,7-8H2,1-4H3,(H,16,18). The minimum atomic E-state index is -0.0405. The summed E-state index contributed by atoms with van der Waals surface area (Å²) in [6.45, 7) is 7.77. The van der Waals surface area contributed by atoms with E-state index in [2.05, 4.69) is 10.5 Å². The lowest BCUT2D eigenvalue weighted by Gasteiger charge is -2.12. The number of carbonyl (C=O) groups is 1. The number of benzene rings is 1. The van der Waals surface area contributed by atoms with Crippen LogP contribution in [0.3, 0.4) is 0 Å². The van der Waals surface area contributed by atoms with Crippen LogP contribution in [0.25, 0.3) is 0 Å². The highest BCUT2D eigenvalue weighted by Crippen LogP contribution is 2.21. The quantitative estimate of drug-likeness (QED) is 0.477. The van der Waals surface area contributed by atoms with Gasteiger partial charge in [-0.1, -0.05) is 16.8 Å². The van der Waals surface area contributed by atoms with Gasteiger partial charge in [-0.15, -0.1) is 0 Å². The van der Waals surface area contributed by atoms with Gasteiger partial charge in [0.1, 0.15) is 5.75 Å². The Kier molecular flexibility index (Phi) is 6.03. The smallest absolute Gasteiger partial charge is 0.223 e. The summed E-state index contributed by atoms with van der Waals surface area (Å²) in [5, 5.41) is 14.9. The molecule has 0 unspecified atom stereocenters. The Morgan fingerprint density at radius 1 is 1.45 bits per heavy atom. The van der Waals surface area contributed by atoms with Crippen molar-refractivity contribution in [3.05, 3.63) is 29.3 Å². The molecule has 1 amide bonds. The van der Waals surface area contributed by atoms with Gasteiger partial charge >= 0.3 is 0 Å². The van der Waals surface area contributed by atoms with Crippen LogP contribution in [0.15, 0.2) is 23.4 Å². The number of ether oxygens (including phenoxy) is 1. The lowest BCUT2D eigenvalue weighted by atomic mass is 10.1. The van der Waals surface area contributed by atoms with Gasteiger partial charge < -0.3 is 15.3 Å². The molecule has 0 aliphatic carbocycles. The molecule has 0 aliphatic heterocycles. The molecule has 1 rings (SSSR count). The van der Waals surface area contributed by atoms with Crippen LogP contribution in [-0.2, 0) is 4.79 Å². The summed E-state index contributed by atoms with van der Waals surface area (Å²) in [6, 6.07) is 5.75. The van der Waals surface area contributed by atoms with Crippen LogP contribution >= 0.6 is 0 Å². The fourth-order valence-electron chi connectivity index (χ4n) is 1.75. The van der Waals surface area contributed by atoms with Gasteiger partial charge in [0.05, 0.1) is 18.7 Å². The SMILES string of the molecule is CC(=NO)c1cc(C)ccc1OCCC(=O)NC(C)C. The van der Waals surface area contributed by atoms with E-state index in [0.717, 1.165) is 11.1 Å². The lowest BCUT2D eigenvalue weighted by molar-refractivity contribution is -0.122. The third kappa shape index (κ3) is 4.91. The normalized spacial score (nSPS) is 11.6. The van der Waals surface area contributed by atoms with Crippen LogP contribution in [0.1, 0.15) is 38.3 Å². The van der Waals surface area contributed by atoms with Crippen molar-refractivity contribution in [3.63, 3.8) is 0 Å². The average molecular weight is 278 g/mol. The zero-order valence-electron chi connectivity index (χ0n) is 12.4. The number of rotatable bonds is 6. The summed E-state index contributed by atoms with van der Waals surface area (Å²) in [5.41, 5.74) is 2.26. The number of hydrogen-bond donors (Lipinski definition) is 2. The van der Waals surface area contributed by atoms with Crippen molar-refractivity contribution in [2.45, 2.75) is 40.2 Å². The van der Waals surface area contributed by atoms with E-state index in [4.69, 9.17) is 9.94 Å². The molecule has 20 heavy (non-hydrogen) atoms. The molecule has 0 bridgehead atoms. The molecule has 1 aromatic rings. The molecule has 1 aromatic carbocycles. The second-order valence-electron chi connectivity index (χ2n) is 5.01. The van der Waals surface area contributed by atoms with Gasteiger partial charge in [-0.3, -0.25) is 4.79 Å². The van der Waals surface area contributed by atoms with Crippen LogP contribution in [-0.4, -0.2) is 29.5 Å². The average Bonchev–Trinajstić information content (AvgIpc) is 2.38. The van der Waals surface area contributed by atoms with E-state index in [1.54, 1.807) is 6.92 Å². The maximum absolute atomic E-state index is 11.5. The first kappa shape index (κ1) is 16.0. The minimum Gasteiger partial charge on any atom is -0.492 e. The van der Waals surface area contributed by atoms with E-state index in [1.165, 1.54) is 0 Å². The molecule has 2 N–H and O–H groups in total. The number of carbonyl (C=O) groups excluding carboxylic acids is 1. The molecule has 5 heteroatoms. The molecule has 110 valence electrons. The predicted molar refractivity (Wildman–Crippen MR) is 78.6 cm³/mol. The Bertz CT molecular complexity index is 496. The molecular formula is C15H22N2O3. The van der Waals surface area contributed by atoms with Gasteiger partial charge in [0.25, 0.3) is 0 Å². The summed E-state index contributed by atoms with van der Waals surface area (Å²) in [4.78, 5) is 11.5. The van der Waals surface area contributed by atoms with E-state index in [1.807, 2.05) is 39.0 Å². The highest BCUT2D eigenvalue weighted by molar-refractivity contribution is 6.00. The second kappa shape index (κ2) is 7.53. The molecule has 0 saturated carbocycles. The minimum absolute atomic E-state index is 0.0405. The van der Waals surface area contributed by atoms with E-state index in [9.17, 15) is 4.79 Å². The summed E-state index contributed by atoms with van der Waals surface area (Å²) >= 11 is 0. The highest BCUT2D eigenvalue weighted by atomic mass is 16.5. The van der Waals surface area contributed by atoms with E-state index in [0.29, 0.717) is 17.9 Å². The number of nitrogens with one attached hydrogen (secondary N) is 1. The number of amides is 1. The molecule has 0 fully saturated rings. The second-order valence-corrected chi connectivity index (χ2v) is 5.01. The summed E-state index contributed by atoms with van der Waals surface area (Å²) in [5.74, 6) is 0.574. The molecule has 0 atom stereocenters. The maximum Gasteiger partial charge on any atom is 0.223 e. The molecule has 0 aromatic heterocycles. The first-order chi connectivity index (χ1) is 9.43. The fourth-order valence-corrected chi connectivity index (χ4v) is 1.75. The van der Waals surface area contributed by atoms with Gasteiger partial charge in [0.2, 0.25) is 5.91 Å². The van der Waals surface area contributed by atoms with Crippen molar-refractivity contribution < 1.29 is 14.7 Å². The molecule has 0 radical (unpaired) electrons. The van der Waals surface area contributed by atoms with E-state index >= 15 is 0 Å². The van der Waals surface area contributed by atoms with Gasteiger partial charge in [-0.25, -0.2) is 0 Å².